The molecule has 0 aliphatic heterocycles. The van der Waals surface area contributed by atoms with Gasteiger partial charge in [0.1, 0.15) is 19.0 Å². The lowest BCUT2D eigenvalue weighted by Gasteiger charge is -2.06. The van der Waals surface area contributed by atoms with Crippen molar-refractivity contribution in [1.82, 2.24) is 0 Å². The molecule has 0 saturated heterocycles. The molecule has 1 saturated carbocycles. The van der Waals surface area contributed by atoms with Gasteiger partial charge in [-0.2, -0.15) is 0 Å². The van der Waals surface area contributed by atoms with Crippen molar-refractivity contribution in [2.75, 3.05) is 6.61 Å². The molecule has 0 amide bonds. The lowest BCUT2D eigenvalue weighted by Crippen LogP contribution is -2.12. The van der Waals surface area contributed by atoms with E-state index < -0.39 is 0 Å². The van der Waals surface area contributed by atoms with E-state index >= 15 is 0 Å². The van der Waals surface area contributed by atoms with Crippen molar-refractivity contribution < 1.29 is 14.4 Å². The van der Waals surface area contributed by atoms with Crippen molar-refractivity contribution in [1.29, 1.82) is 0 Å². The summed E-state index contributed by atoms with van der Waals surface area (Å²) in [5.74, 6) is 1.72. The Bertz CT molecular complexity index is 759. The standard InChI is InChI=1S/C23H27NO3/c1-17(2)20-7-3-19(4-8-20)15-27-24-14-13-18-5-11-22(12-6-18)26-16-23(25)21-9-10-21/h3-8,11-12,14,17,21H,9-10,13,15-16H2,1-2H3. The maximum absolute atomic E-state index is 11.6. The number of rotatable bonds is 10. The first kappa shape index (κ1) is 19.2. The van der Waals surface area contributed by atoms with Crippen LogP contribution in [0.15, 0.2) is 53.7 Å². The highest BCUT2D eigenvalue weighted by molar-refractivity contribution is 5.84. The number of oxime groups is 1. The molecule has 0 bridgehead atoms. The largest absolute Gasteiger partial charge is 0.486 e. The van der Waals surface area contributed by atoms with Crippen LogP contribution in [0.2, 0.25) is 0 Å². The Morgan fingerprint density at radius 3 is 2.37 bits per heavy atom. The second-order valence-electron chi connectivity index (χ2n) is 7.34. The van der Waals surface area contributed by atoms with Gasteiger partial charge in [0.15, 0.2) is 5.78 Å². The predicted octanol–water partition coefficient (Wildman–Crippen LogP) is 4.91. The Morgan fingerprint density at radius 2 is 1.74 bits per heavy atom. The third kappa shape index (κ3) is 6.24. The van der Waals surface area contributed by atoms with Gasteiger partial charge in [-0.05, 0) is 47.6 Å². The van der Waals surface area contributed by atoms with Gasteiger partial charge in [-0.15, -0.1) is 0 Å². The smallest absolute Gasteiger partial charge is 0.173 e. The zero-order valence-corrected chi connectivity index (χ0v) is 16.1. The van der Waals surface area contributed by atoms with E-state index in [0.717, 1.165) is 29.7 Å². The second kappa shape index (κ2) is 9.36. The molecule has 0 unspecified atom stereocenters. The third-order valence-corrected chi connectivity index (χ3v) is 4.69. The Labute approximate surface area is 161 Å². The van der Waals surface area contributed by atoms with Crippen molar-refractivity contribution in [3.05, 3.63) is 65.2 Å². The fourth-order valence-corrected chi connectivity index (χ4v) is 2.71. The summed E-state index contributed by atoms with van der Waals surface area (Å²) in [6.45, 7) is 5.01. The number of hydrogen-bond acceptors (Lipinski definition) is 4. The summed E-state index contributed by atoms with van der Waals surface area (Å²) < 4.78 is 5.53. The maximum Gasteiger partial charge on any atom is 0.173 e. The SMILES string of the molecule is CC(C)c1ccc(CON=CCc2ccc(OCC(=O)C3CC3)cc2)cc1. The predicted molar refractivity (Wildman–Crippen MR) is 107 cm³/mol. The number of carbonyl (C=O) groups is 1. The number of ketones is 1. The first-order valence-corrected chi connectivity index (χ1v) is 9.59. The van der Waals surface area contributed by atoms with Gasteiger partial charge in [-0.25, -0.2) is 0 Å². The van der Waals surface area contributed by atoms with E-state index in [9.17, 15) is 4.79 Å². The summed E-state index contributed by atoms with van der Waals surface area (Å²) in [6.07, 6.45) is 4.49. The zero-order valence-electron chi connectivity index (χ0n) is 16.1. The number of ether oxygens (including phenoxy) is 1. The van der Waals surface area contributed by atoms with Crippen molar-refractivity contribution in [2.24, 2.45) is 11.1 Å². The fourth-order valence-electron chi connectivity index (χ4n) is 2.71. The molecule has 0 spiro atoms. The minimum atomic E-state index is 0.178. The molecule has 2 aromatic rings. The number of hydrogen-bond donors (Lipinski definition) is 0. The van der Waals surface area contributed by atoms with Crippen molar-refractivity contribution in [2.45, 2.75) is 45.6 Å². The number of carbonyl (C=O) groups excluding carboxylic acids is 1. The van der Waals surface area contributed by atoms with Gasteiger partial charge >= 0.3 is 0 Å². The lowest BCUT2D eigenvalue weighted by atomic mass is 10.0. The molecule has 3 rings (SSSR count). The third-order valence-electron chi connectivity index (χ3n) is 4.69. The Hall–Kier alpha value is -2.62. The molecule has 0 aromatic heterocycles. The van der Waals surface area contributed by atoms with Crippen LogP contribution in [0.4, 0.5) is 0 Å². The molecule has 0 atom stereocenters. The lowest BCUT2D eigenvalue weighted by molar-refractivity contribution is -0.122. The summed E-state index contributed by atoms with van der Waals surface area (Å²) in [4.78, 5) is 17.0. The van der Waals surface area contributed by atoms with Crippen LogP contribution >= 0.6 is 0 Å². The summed E-state index contributed by atoms with van der Waals surface area (Å²) in [5.41, 5.74) is 3.55. The molecular formula is C23H27NO3. The maximum atomic E-state index is 11.6. The van der Waals surface area contributed by atoms with Crippen LogP contribution < -0.4 is 4.74 Å². The van der Waals surface area contributed by atoms with E-state index in [4.69, 9.17) is 9.57 Å². The van der Waals surface area contributed by atoms with Gasteiger partial charge in [0, 0.05) is 18.6 Å². The zero-order chi connectivity index (χ0) is 19.1. The van der Waals surface area contributed by atoms with Gasteiger partial charge in [0.05, 0.1) is 0 Å². The van der Waals surface area contributed by atoms with Crippen molar-refractivity contribution in [3.8, 4) is 5.75 Å². The molecule has 1 aliphatic carbocycles. The minimum Gasteiger partial charge on any atom is -0.486 e. The topological polar surface area (TPSA) is 47.9 Å². The van der Waals surface area contributed by atoms with Crippen molar-refractivity contribution in [3.63, 3.8) is 0 Å². The molecule has 0 heterocycles. The summed E-state index contributed by atoms with van der Waals surface area (Å²) >= 11 is 0. The average Bonchev–Trinajstić information content (AvgIpc) is 3.52. The molecule has 2 aromatic carbocycles. The van der Waals surface area contributed by atoms with E-state index in [-0.39, 0.29) is 18.3 Å². The van der Waals surface area contributed by atoms with Gasteiger partial charge in [-0.1, -0.05) is 55.4 Å². The molecule has 0 N–H and O–H groups in total. The van der Waals surface area contributed by atoms with Gasteiger partial charge in [0.25, 0.3) is 0 Å². The molecule has 0 radical (unpaired) electrons. The van der Waals surface area contributed by atoms with Crippen LogP contribution in [0, 0.1) is 5.92 Å². The van der Waals surface area contributed by atoms with Gasteiger partial charge in [-0.3, -0.25) is 4.79 Å². The van der Waals surface area contributed by atoms with Crippen LogP contribution in [0.25, 0.3) is 0 Å². The van der Waals surface area contributed by atoms with E-state index in [0.29, 0.717) is 18.9 Å². The van der Waals surface area contributed by atoms with Gasteiger partial charge in [0.2, 0.25) is 0 Å². The molecular weight excluding hydrogens is 338 g/mol. The number of benzene rings is 2. The number of nitrogens with zero attached hydrogens (tertiary/aromatic N) is 1. The summed E-state index contributed by atoms with van der Waals surface area (Å²) in [7, 11) is 0. The summed E-state index contributed by atoms with van der Waals surface area (Å²) in [6, 6.07) is 16.2. The highest BCUT2D eigenvalue weighted by Crippen LogP contribution is 2.29. The average molecular weight is 365 g/mol. The van der Waals surface area contributed by atoms with E-state index in [1.807, 2.05) is 24.3 Å². The molecule has 4 nitrogen and oxygen atoms in total. The highest BCUT2D eigenvalue weighted by atomic mass is 16.6. The van der Waals surface area contributed by atoms with Crippen LogP contribution in [0.3, 0.4) is 0 Å². The minimum absolute atomic E-state index is 0.178. The summed E-state index contributed by atoms with van der Waals surface area (Å²) in [5, 5.41) is 4.03. The van der Waals surface area contributed by atoms with Crippen LogP contribution in [0.5, 0.6) is 5.75 Å². The van der Waals surface area contributed by atoms with Crippen LogP contribution in [0.1, 0.15) is 49.3 Å². The first-order chi connectivity index (χ1) is 13.1. The Balaban J connectivity index is 1.37. The van der Waals surface area contributed by atoms with E-state index in [1.54, 1.807) is 6.21 Å². The van der Waals surface area contributed by atoms with E-state index in [1.165, 1.54) is 5.56 Å². The number of Topliss-reactive ketones (excluding diaryl/α,β-unsaturated/α-hetero) is 1. The molecule has 27 heavy (non-hydrogen) atoms. The van der Waals surface area contributed by atoms with Crippen molar-refractivity contribution >= 4 is 12.0 Å². The quantitative estimate of drug-likeness (QED) is 0.444. The normalized spacial score (nSPS) is 13.9. The van der Waals surface area contributed by atoms with E-state index in [2.05, 4.69) is 43.3 Å². The second-order valence-corrected chi connectivity index (χ2v) is 7.34. The highest BCUT2D eigenvalue weighted by Gasteiger charge is 2.29. The first-order valence-electron chi connectivity index (χ1n) is 9.59. The molecule has 1 aliphatic rings. The Morgan fingerprint density at radius 1 is 1.07 bits per heavy atom. The van der Waals surface area contributed by atoms with Crippen LogP contribution in [-0.2, 0) is 22.7 Å². The monoisotopic (exact) mass is 365 g/mol. The molecule has 142 valence electrons. The Kier molecular flexibility index (Phi) is 6.64. The molecule has 4 heteroatoms. The fraction of sp³-hybridized carbons (Fsp3) is 0.391. The molecule has 1 fully saturated rings. The van der Waals surface area contributed by atoms with Gasteiger partial charge < -0.3 is 9.57 Å². The van der Waals surface area contributed by atoms with Crippen LogP contribution in [-0.4, -0.2) is 18.6 Å².